The summed E-state index contributed by atoms with van der Waals surface area (Å²) in [6.07, 6.45) is 14.1. The second-order valence-corrected chi connectivity index (χ2v) is 8.02. The smallest absolute Gasteiger partial charge is 0.258 e. The number of carbonyl (C=O) groups excluding carboxylic acids is 1. The average molecular weight is 360 g/mol. The predicted molar refractivity (Wildman–Crippen MR) is 109 cm³/mol. The Balaban J connectivity index is 1.82. The van der Waals surface area contributed by atoms with Crippen LogP contribution in [0.15, 0.2) is 12.1 Å². The molecular formula is C23H37NO2. The molecule has 1 aliphatic rings. The third-order valence-corrected chi connectivity index (χ3v) is 5.59. The molecule has 1 saturated carbocycles. The van der Waals surface area contributed by atoms with Gasteiger partial charge in [0, 0.05) is 6.04 Å². The highest BCUT2D eigenvalue weighted by atomic mass is 16.5. The van der Waals surface area contributed by atoms with Crippen molar-refractivity contribution >= 4 is 5.91 Å². The maximum Gasteiger partial charge on any atom is 0.258 e. The number of carbonyl (C=O) groups is 1. The summed E-state index contributed by atoms with van der Waals surface area (Å²) in [7, 11) is 0. The Morgan fingerprint density at radius 1 is 0.923 bits per heavy atom. The van der Waals surface area contributed by atoms with Crippen molar-refractivity contribution in [3.8, 4) is 5.75 Å². The zero-order chi connectivity index (χ0) is 18.8. The first-order valence-electron chi connectivity index (χ1n) is 10.6. The lowest BCUT2D eigenvalue weighted by Gasteiger charge is -2.20. The number of nitrogens with one attached hydrogen (secondary N) is 1. The maximum absolute atomic E-state index is 12.4. The van der Waals surface area contributed by atoms with Gasteiger partial charge < -0.3 is 10.1 Å². The zero-order valence-electron chi connectivity index (χ0n) is 17.0. The minimum Gasteiger partial charge on any atom is -0.483 e. The van der Waals surface area contributed by atoms with E-state index in [-0.39, 0.29) is 12.5 Å². The van der Waals surface area contributed by atoms with Crippen molar-refractivity contribution < 1.29 is 9.53 Å². The van der Waals surface area contributed by atoms with E-state index in [0.29, 0.717) is 6.04 Å². The van der Waals surface area contributed by atoms with E-state index in [4.69, 9.17) is 4.74 Å². The Hall–Kier alpha value is -1.51. The zero-order valence-corrected chi connectivity index (χ0v) is 17.0. The van der Waals surface area contributed by atoms with Gasteiger partial charge in [0.25, 0.3) is 5.91 Å². The van der Waals surface area contributed by atoms with Crippen molar-refractivity contribution in [2.75, 3.05) is 6.61 Å². The summed E-state index contributed by atoms with van der Waals surface area (Å²) >= 11 is 0. The lowest BCUT2D eigenvalue weighted by atomic mass is 9.98. The molecular weight excluding hydrogens is 322 g/mol. The van der Waals surface area contributed by atoms with Crippen LogP contribution in [0, 0.1) is 20.8 Å². The second-order valence-electron chi connectivity index (χ2n) is 8.02. The fourth-order valence-corrected chi connectivity index (χ4v) is 3.87. The summed E-state index contributed by atoms with van der Waals surface area (Å²) in [5.74, 6) is 0.844. The molecule has 1 amide bonds. The molecule has 0 aliphatic heterocycles. The van der Waals surface area contributed by atoms with E-state index in [9.17, 15) is 4.79 Å². The Labute approximate surface area is 159 Å². The van der Waals surface area contributed by atoms with Gasteiger partial charge in [0.05, 0.1) is 0 Å². The van der Waals surface area contributed by atoms with Crippen LogP contribution in [-0.2, 0) is 4.79 Å². The number of hydrogen-bond acceptors (Lipinski definition) is 2. The minimum atomic E-state index is 0.0145. The van der Waals surface area contributed by atoms with Crippen molar-refractivity contribution in [2.45, 2.75) is 97.4 Å². The molecule has 0 spiro atoms. The summed E-state index contributed by atoms with van der Waals surface area (Å²) in [5.41, 5.74) is 3.50. The number of hydrogen-bond donors (Lipinski definition) is 1. The Bertz CT molecular complexity index is 556. The molecule has 0 radical (unpaired) electrons. The van der Waals surface area contributed by atoms with Crippen molar-refractivity contribution in [1.29, 1.82) is 0 Å². The Kier molecular flexibility index (Phi) is 9.00. The van der Waals surface area contributed by atoms with Gasteiger partial charge in [-0.15, -0.1) is 0 Å². The van der Waals surface area contributed by atoms with Crippen LogP contribution < -0.4 is 10.1 Å². The van der Waals surface area contributed by atoms with Crippen LogP contribution in [0.25, 0.3) is 0 Å². The average Bonchev–Trinajstić information content (AvgIpc) is 2.59. The first kappa shape index (κ1) is 20.8. The third kappa shape index (κ3) is 7.39. The van der Waals surface area contributed by atoms with Crippen molar-refractivity contribution in [3.63, 3.8) is 0 Å². The summed E-state index contributed by atoms with van der Waals surface area (Å²) in [5, 5.41) is 3.23. The van der Waals surface area contributed by atoms with Crippen LogP contribution >= 0.6 is 0 Å². The van der Waals surface area contributed by atoms with Gasteiger partial charge in [0.2, 0.25) is 0 Å². The standard InChI is InChI=1S/C23H37NO2/c1-18-15-19(2)20(3)22(16-18)26-17-23(25)24-21-13-11-9-7-5-4-6-8-10-12-14-21/h15-16,21H,4-14,17H2,1-3H3,(H,24,25). The van der Waals surface area contributed by atoms with Gasteiger partial charge >= 0.3 is 0 Å². The normalized spacial score (nSPS) is 17.8. The number of aryl methyl sites for hydroxylation is 2. The molecule has 0 bridgehead atoms. The second kappa shape index (κ2) is 11.3. The molecule has 0 heterocycles. The fourth-order valence-electron chi connectivity index (χ4n) is 3.87. The van der Waals surface area contributed by atoms with Crippen LogP contribution in [0.3, 0.4) is 0 Å². The minimum absolute atomic E-state index is 0.0145. The molecule has 0 aromatic heterocycles. The van der Waals surface area contributed by atoms with Gasteiger partial charge in [-0.3, -0.25) is 4.79 Å². The van der Waals surface area contributed by atoms with E-state index in [0.717, 1.165) is 24.2 Å². The summed E-state index contributed by atoms with van der Waals surface area (Å²) in [6.45, 7) is 6.31. The van der Waals surface area contributed by atoms with Gasteiger partial charge in [-0.25, -0.2) is 0 Å². The van der Waals surface area contributed by atoms with E-state index in [1.54, 1.807) is 0 Å². The van der Waals surface area contributed by atoms with E-state index in [2.05, 4.69) is 32.2 Å². The number of ether oxygens (including phenoxy) is 1. The highest BCUT2D eigenvalue weighted by molar-refractivity contribution is 5.77. The molecule has 146 valence electrons. The molecule has 1 aromatic rings. The van der Waals surface area contributed by atoms with E-state index in [1.807, 2.05) is 6.07 Å². The monoisotopic (exact) mass is 359 g/mol. The molecule has 0 atom stereocenters. The molecule has 1 fully saturated rings. The summed E-state index contributed by atoms with van der Waals surface area (Å²) in [6, 6.07) is 4.48. The highest BCUT2D eigenvalue weighted by Crippen LogP contribution is 2.23. The van der Waals surface area contributed by atoms with Crippen LogP contribution in [0.5, 0.6) is 5.75 Å². The molecule has 0 unspecified atom stereocenters. The van der Waals surface area contributed by atoms with Gasteiger partial charge in [0.15, 0.2) is 6.61 Å². The van der Waals surface area contributed by atoms with Crippen LogP contribution in [0.1, 0.15) is 87.3 Å². The summed E-state index contributed by atoms with van der Waals surface area (Å²) < 4.78 is 5.83. The van der Waals surface area contributed by atoms with E-state index in [1.165, 1.54) is 68.9 Å². The highest BCUT2D eigenvalue weighted by Gasteiger charge is 2.14. The molecule has 1 aromatic carbocycles. The fraction of sp³-hybridized carbons (Fsp3) is 0.696. The number of benzene rings is 1. The molecule has 1 N–H and O–H groups in total. The van der Waals surface area contributed by atoms with Crippen molar-refractivity contribution in [1.82, 2.24) is 5.32 Å². The summed E-state index contributed by atoms with van der Waals surface area (Å²) in [4.78, 5) is 12.4. The Morgan fingerprint density at radius 3 is 2.04 bits per heavy atom. The van der Waals surface area contributed by atoms with Crippen LogP contribution in [0.4, 0.5) is 0 Å². The number of amides is 1. The lowest BCUT2D eigenvalue weighted by Crippen LogP contribution is -2.38. The quantitative estimate of drug-likeness (QED) is 0.740. The van der Waals surface area contributed by atoms with Crippen LogP contribution in [-0.4, -0.2) is 18.6 Å². The van der Waals surface area contributed by atoms with Crippen LogP contribution in [0.2, 0.25) is 0 Å². The van der Waals surface area contributed by atoms with Gasteiger partial charge in [-0.1, -0.05) is 63.9 Å². The molecule has 3 heteroatoms. The maximum atomic E-state index is 12.4. The van der Waals surface area contributed by atoms with Gasteiger partial charge in [-0.2, -0.15) is 0 Å². The predicted octanol–water partition coefficient (Wildman–Crippen LogP) is 5.78. The molecule has 0 saturated heterocycles. The van der Waals surface area contributed by atoms with E-state index < -0.39 is 0 Å². The van der Waals surface area contributed by atoms with Gasteiger partial charge in [-0.05, 0) is 56.4 Å². The lowest BCUT2D eigenvalue weighted by molar-refractivity contribution is -0.123. The first-order chi connectivity index (χ1) is 12.6. The Morgan fingerprint density at radius 2 is 1.46 bits per heavy atom. The largest absolute Gasteiger partial charge is 0.483 e. The molecule has 3 nitrogen and oxygen atoms in total. The number of rotatable bonds is 4. The molecule has 26 heavy (non-hydrogen) atoms. The third-order valence-electron chi connectivity index (χ3n) is 5.59. The molecule has 1 aliphatic carbocycles. The van der Waals surface area contributed by atoms with Crippen molar-refractivity contribution in [3.05, 3.63) is 28.8 Å². The molecule has 2 rings (SSSR count). The first-order valence-corrected chi connectivity index (χ1v) is 10.6. The van der Waals surface area contributed by atoms with Crippen molar-refractivity contribution in [2.24, 2.45) is 0 Å². The SMILES string of the molecule is Cc1cc(C)c(C)c(OCC(=O)NC2CCCCCCCCCCC2)c1. The van der Waals surface area contributed by atoms with Gasteiger partial charge in [0.1, 0.15) is 5.75 Å². The topological polar surface area (TPSA) is 38.3 Å². The van der Waals surface area contributed by atoms with E-state index >= 15 is 0 Å².